The molecule has 17 heavy (non-hydrogen) atoms. The van der Waals surface area contributed by atoms with Crippen molar-refractivity contribution in [3.05, 3.63) is 23.8 Å². The van der Waals surface area contributed by atoms with Crippen LogP contribution in [0, 0.1) is 0 Å². The smallest absolute Gasteiger partial charge is 0.333 e. The third kappa shape index (κ3) is 2.69. The quantitative estimate of drug-likeness (QED) is 0.869. The first-order valence-corrected chi connectivity index (χ1v) is 5.55. The van der Waals surface area contributed by atoms with E-state index in [1.54, 1.807) is 6.07 Å². The molecule has 0 aliphatic rings. The lowest BCUT2D eigenvalue weighted by Gasteiger charge is -2.30. The van der Waals surface area contributed by atoms with Gasteiger partial charge in [-0.15, -0.1) is 0 Å². The summed E-state index contributed by atoms with van der Waals surface area (Å²) in [6.45, 7) is 0.999. The molecule has 0 saturated carbocycles. The molecule has 0 bridgehead atoms. The molecule has 0 fully saturated rings. The van der Waals surface area contributed by atoms with Gasteiger partial charge in [0.25, 0.3) is 0 Å². The average molecular weight is 311 g/mol. The molecule has 1 atom stereocenters. The third-order valence-corrected chi connectivity index (χ3v) is 3.26. The Morgan fingerprint density at radius 3 is 2.24 bits per heavy atom. The van der Waals surface area contributed by atoms with Gasteiger partial charge < -0.3 is 14.6 Å². The molecule has 0 aliphatic carbocycles. The molecule has 6 heteroatoms. The van der Waals surface area contributed by atoms with E-state index in [2.05, 4.69) is 15.9 Å². The fraction of sp³-hybridized carbons (Fsp3) is 0.455. The molecule has 0 spiro atoms. The van der Waals surface area contributed by atoms with Crippen LogP contribution in [0.15, 0.2) is 18.2 Å². The Hall–Kier alpha value is -0.880. The lowest BCUT2D eigenvalue weighted by Crippen LogP contribution is -2.38. The van der Waals surface area contributed by atoms with E-state index >= 15 is 0 Å². The van der Waals surface area contributed by atoms with Crippen molar-refractivity contribution in [2.24, 2.45) is 0 Å². The molecule has 1 rings (SSSR count). The predicted molar refractivity (Wildman–Crippen MR) is 63.0 cm³/mol. The topological polar surface area (TPSA) is 38.7 Å². The third-order valence-electron chi connectivity index (χ3n) is 2.48. The lowest BCUT2D eigenvalue weighted by atomic mass is 9.95. The van der Waals surface area contributed by atoms with Crippen molar-refractivity contribution in [2.45, 2.75) is 17.4 Å². The standard InChI is InChI=1S/C11H13BrF2O3/c1-10(15,11(12,13)14)8-6-7(16-2)4-5-9(8)17-3/h4-6,15H,1-3H3. The van der Waals surface area contributed by atoms with Crippen molar-refractivity contribution in [1.82, 2.24) is 0 Å². The van der Waals surface area contributed by atoms with Crippen LogP contribution in [0.2, 0.25) is 0 Å². The number of methoxy groups -OCH3 is 2. The van der Waals surface area contributed by atoms with Gasteiger partial charge in [-0.25, -0.2) is 0 Å². The van der Waals surface area contributed by atoms with Crippen LogP contribution in [0.4, 0.5) is 8.78 Å². The maximum Gasteiger partial charge on any atom is 0.333 e. The SMILES string of the molecule is COc1ccc(OC)c(C(C)(O)C(F)(F)Br)c1. The maximum absolute atomic E-state index is 13.3. The number of hydrogen-bond acceptors (Lipinski definition) is 3. The number of hydrogen-bond donors (Lipinski definition) is 1. The van der Waals surface area contributed by atoms with Crippen molar-refractivity contribution in [1.29, 1.82) is 0 Å². The van der Waals surface area contributed by atoms with Gasteiger partial charge in [-0.05, 0) is 41.1 Å². The summed E-state index contributed by atoms with van der Waals surface area (Å²) in [5.74, 6) is 0.521. The highest BCUT2D eigenvalue weighted by molar-refractivity contribution is 9.10. The molecule has 3 nitrogen and oxygen atoms in total. The van der Waals surface area contributed by atoms with E-state index in [4.69, 9.17) is 9.47 Å². The van der Waals surface area contributed by atoms with Gasteiger partial charge in [-0.2, -0.15) is 8.78 Å². The molecule has 1 aromatic carbocycles. The van der Waals surface area contributed by atoms with Gasteiger partial charge >= 0.3 is 4.83 Å². The fourth-order valence-electron chi connectivity index (χ4n) is 1.35. The highest BCUT2D eigenvalue weighted by Gasteiger charge is 2.49. The van der Waals surface area contributed by atoms with E-state index in [0.29, 0.717) is 5.75 Å². The molecule has 96 valence electrons. The summed E-state index contributed by atoms with van der Waals surface area (Å²) in [5, 5.41) is 9.92. The van der Waals surface area contributed by atoms with Crippen LogP contribution in [-0.4, -0.2) is 24.2 Å². The number of ether oxygens (including phenoxy) is 2. The second-order valence-corrected chi connectivity index (χ2v) is 4.63. The number of halogens is 3. The van der Waals surface area contributed by atoms with Gasteiger partial charge in [0.1, 0.15) is 11.5 Å². The molecular formula is C11H13BrF2O3. The van der Waals surface area contributed by atoms with Crippen molar-refractivity contribution in [3.8, 4) is 11.5 Å². The molecule has 1 N–H and O–H groups in total. The summed E-state index contributed by atoms with van der Waals surface area (Å²) in [4.78, 5) is -3.49. The largest absolute Gasteiger partial charge is 0.497 e. The highest BCUT2D eigenvalue weighted by Crippen LogP contribution is 2.45. The van der Waals surface area contributed by atoms with Crippen LogP contribution in [-0.2, 0) is 5.60 Å². The summed E-state index contributed by atoms with van der Waals surface area (Å²) in [6, 6.07) is 4.33. The van der Waals surface area contributed by atoms with Gasteiger partial charge in [0.05, 0.1) is 14.2 Å². The van der Waals surface area contributed by atoms with Crippen molar-refractivity contribution in [2.75, 3.05) is 14.2 Å². The first kappa shape index (κ1) is 14.2. The first-order chi connectivity index (χ1) is 7.74. The average Bonchev–Trinajstić information content (AvgIpc) is 2.26. The van der Waals surface area contributed by atoms with Crippen LogP contribution >= 0.6 is 15.9 Å². The Balaban J connectivity index is 3.37. The molecule has 1 aromatic rings. The minimum atomic E-state index is -3.49. The second-order valence-electron chi connectivity index (χ2n) is 3.64. The van der Waals surface area contributed by atoms with E-state index in [9.17, 15) is 13.9 Å². The van der Waals surface area contributed by atoms with Crippen LogP contribution in [0.3, 0.4) is 0 Å². The normalized spacial score (nSPS) is 15.2. The number of benzene rings is 1. The van der Waals surface area contributed by atoms with E-state index in [1.165, 1.54) is 26.4 Å². The molecule has 1 unspecified atom stereocenters. The molecule has 0 amide bonds. The minimum absolute atomic E-state index is 0.0544. The Morgan fingerprint density at radius 2 is 1.82 bits per heavy atom. The first-order valence-electron chi connectivity index (χ1n) is 4.75. The Labute approximate surface area is 106 Å². The van der Waals surface area contributed by atoms with Crippen LogP contribution in [0.5, 0.6) is 11.5 Å². The highest BCUT2D eigenvalue weighted by atomic mass is 79.9. The van der Waals surface area contributed by atoms with Crippen LogP contribution in [0.1, 0.15) is 12.5 Å². The van der Waals surface area contributed by atoms with Crippen LogP contribution < -0.4 is 9.47 Å². The molecule has 0 radical (unpaired) electrons. The zero-order valence-electron chi connectivity index (χ0n) is 9.63. The van der Waals surface area contributed by atoms with Gasteiger partial charge in [-0.1, -0.05) is 0 Å². The molecule has 0 aromatic heterocycles. The van der Waals surface area contributed by atoms with E-state index in [1.807, 2.05) is 0 Å². The summed E-state index contributed by atoms with van der Waals surface area (Å²) in [6.07, 6.45) is 0. The molecule has 0 saturated heterocycles. The summed E-state index contributed by atoms with van der Waals surface area (Å²) < 4.78 is 36.5. The van der Waals surface area contributed by atoms with E-state index < -0.39 is 10.4 Å². The fourth-order valence-corrected chi connectivity index (χ4v) is 1.56. The predicted octanol–water partition coefficient (Wildman–Crippen LogP) is 2.90. The summed E-state index contributed by atoms with van der Waals surface area (Å²) >= 11 is 2.17. The van der Waals surface area contributed by atoms with Crippen molar-refractivity contribution in [3.63, 3.8) is 0 Å². The monoisotopic (exact) mass is 310 g/mol. The van der Waals surface area contributed by atoms with E-state index in [-0.39, 0.29) is 11.3 Å². The Bertz CT molecular complexity index is 402. The number of aliphatic hydroxyl groups is 1. The van der Waals surface area contributed by atoms with Gasteiger partial charge in [0, 0.05) is 5.56 Å². The maximum atomic E-state index is 13.3. The Morgan fingerprint density at radius 1 is 1.24 bits per heavy atom. The van der Waals surface area contributed by atoms with E-state index in [0.717, 1.165) is 6.92 Å². The number of alkyl halides is 3. The summed E-state index contributed by atoms with van der Waals surface area (Å²) in [7, 11) is 2.75. The van der Waals surface area contributed by atoms with Gasteiger partial charge in [0.15, 0.2) is 5.60 Å². The van der Waals surface area contributed by atoms with Crippen molar-refractivity contribution >= 4 is 15.9 Å². The van der Waals surface area contributed by atoms with Crippen molar-refractivity contribution < 1.29 is 23.4 Å². The lowest BCUT2D eigenvalue weighted by molar-refractivity contribution is -0.110. The molecule has 0 aliphatic heterocycles. The molecular weight excluding hydrogens is 298 g/mol. The van der Waals surface area contributed by atoms with Crippen LogP contribution in [0.25, 0.3) is 0 Å². The zero-order chi connectivity index (χ0) is 13.3. The summed E-state index contributed by atoms with van der Waals surface area (Å²) in [5.41, 5.74) is -2.46. The van der Waals surface area contributed by atoms with Gasteiger partial charge in [-0.3, -0.25) is 0 Å². The Kier molecular flexibility index (Phi) is 3.99. The molecule has 0 heterocycles. The number of rotatable bonds is 4. The zero-order valence-corrected chi connectivity index (χ0v) is 11.2. The van der Waals surface area contributed by atoms with Gasteiger partial charge in [0.2, 0.25) is 0 Å². The minimum Gasteiger partial charge on any atom is -0.497 e. The second kappa shape index (κ2) is 4.78.